The van der Waals surface area contributed by atoms with Crippen LogP contribution >= 0.6 is 0 Å². The number of fused-ring (bicyclic) bond motifs is 1. The second-order valence-corrected chi connectivity index (χ2v) is 15.6. The molecule has 48 heavy (non-hydrogen) atoms. The van der Waals surface area contributed by atoms with Gasteiger partial charge < -0.3 is 23.8 Å². The fourth-order valence-electron chi connectivity index (χ4n) is 7.01. The fraction of sp³-hybridized carbons (Fsp3) is 0.658. The summed E-state index contributed by atoms with van der Waals surface area (Å²) in [6.07, 6.45) is 0.879. The van der Waals surface area contributed by atoms with E-state index in [1.54, 1.807) is 31.7 Å². The molecule has 1 aliphatic heterocycles. The Bertz CT molecular complexity index is 1550. The Balaban J connectivity index is 1.71. The molecule has 0 bridgehead atoms. The zero-order valence-electron chi connectivity index (χ0n) is 30.7. The second-order valence-electron chi connectivity index (χ2n) is 15.6. The van der Waals surface area contributed by atoms with Crippen LogP contribution in [0.2, 0.25) is 0 Å². The quantitative estimate of drug-likeness (QED) is 0.233. The molecule has 1 aromatic carbocycles. The average Bonchev–Trinajstić information content (AvgIpc) is 3.54. The number of amides is 1. The van der Waals surface area contributed by atoms with E-state index in [1.807, 2.05) is 60.6 Å². The molecule has 2 aliphatic rings. The van der Waals surface area contributed by atoms with E-state index in [-0.39, 0.29) is 49.4 Å². The van der Waals surface area contributed by atoms with E-state index in [4.69, 9.17) is 23.9 Å². The van der Waals surface area contributed by atoms with Crippen LogP contribution in [0.15, 0.2) is 18.2 Å². The maximum Gasteiger partial charge on any atom is 0.312 e. The largest absolute Gasteiger partial charge is 0.488 e. The van der Waals surface area contributed by atoms with Gasteiger partial charge in [-0.25, -0.2) is 4.98 Å². The Morgan fingerprint density at radius 2 is 1.75 bits per heavy atom. The summed E-state index contributed by atoms with van der Waals surface area (Å²) in [6.45, 7) is 19.6. The van der Waals surface area contributed by atoms with Crippen molar-refractivity contribution in [2.45, 2.75) is 119 Å². The van der Waals surface area contributed by atoms with Gasteiger partial charge in [-0.1, -0.05) is 40.2 Å². The van der Waals surface area contributed by atoms with E-state index >= 15 is 0 Å². The summed E-state index contributed by atoms with van der Waals surface area (Å²) in [6, 6.07) is 4.89. The maximum absolute atomic E-state index is 14.5. The first kappa shape index (κ1) is 37.1. The number of rotatable bonds is 12. The molecule has 0 N–H and O–H groups in total. The highest BCUT2D eigenvalue weighted by Crippen LogP contribution is 2.58. The summed E-state index contributed by atoms with van der Waals surface area (Å²) < 4.78 is 23.2. The third-order valence-electron chi connectivity index (χ3n) is 9.89. The number of Topliss-reactive ketones (excluding diaryl/α,β-unsaturated/α-hetero) is 1. The smallest absolute Gasteiger partial charge is 0.312 e. The van der Waals surface area contributed by atoms with Gasteiger partial charge in [-0.05, 0) is 76.5 Å². The molecule has 10 heteroatoms. The lowest BCUT2D eigenvalue weighted by molar-refractivity contribution is -0.161. The van der Waals surface area contributed by atoms with Gasteiger partial charge in [0.25, 0.3) is 0 Å². The van der Waals surface area contributed by atoms with Gasteiger partial charge in [0.05, 0.1) is 49.6 Å². The molecule has 2 fully saturated rings. The lowest BCUT2D eigenvalue weighted by atomic mass is 9.77. The number of pyridine rings is 1. The number of carbonyl (C=O) groups is 4. The topological polar surface area (TPSA) is 121 Å². The van der Waals surface area contributed by atoms with Gasteiger partial charge >= 0.3 is 11.9 Å². The van der Waals surface area contributed by atoms with E-state index in [0.717, 1.165) is 28.5 Å². The number of hydrogen-bond acceptors (Lipinski definition) is 9. The summed E-state index contributed by atoms with van der Waals surface area (Å²) in [5.74, 6) is -1.10. The van der Waals surface area contributed by atoms with Crippen molar-refractivity contribution < 1.29 is 38.1 Å². The van der Waals surface area contributed by atoms with Gasteiger partial charge in [0.15, 0.2) is 5.78 Å². The highest BCUT2D eigenvalue weighted by molar-refractivity contribution is 5.96. The molecular formula is C38H54N2O8. The van der Waals surface area contributed by atoms with Gasteiger partial charge in [0.1, 0.15) is 17.5 Å². The standard InChI is InChI=1S/C38H54N2O8/c1-12-24-19-38(24,35(44)45-11)20-29(41)28-16-25(21-40(28)34(43)27(36(5,6)7)17-32(42)48-37(8,9)10)47-30-18-31(46-13-2)39-33-23(4)22(3)14-15-26(30)33/h14-15,18,24-25,27-28H,12-13,16-17,19-21H2,1-11H3/t24-,25-,27-,28+,38-/m1/s1. The first-order valence-corrected chi connectivity index (χ1v) is 17.2. The number of nitrogens with zero attached hydrogens (tertiary/aromatic N) is 2. The summed E-state index contributed by atoms with van der Waals surface area (Å²) >= 11 is 0. The number of ether oxygens (including phenoxy) is 4. The lowest BCUT2D eigenvalue weighted by Crippen LogP contribution is -2.48. The molecular weight excluding hydrogens is 612 g/mol. The van der Waals surface area contributed by atoms with Crippen LogP contribution in [0.1, 0.15) is 98.6 Å². The second kappa shape index (κ2) is 14.0. The van der Waals surface area contributed by atoms with Crippen LogP contribution in [0.4, 0.5) is 0 Å². The van der Waals surface area contributed by atoms with Crippen molar-refractivity contribution in [1.82, 2.24) is 9.88 Å². The third-order valence-corrected chi connectivity index (χ3v) is 9.89. The van der Waals surface area contributed by atoms with E-state index in [0.29, 0.717) is 24.7 Å². The Labute approximate surface area is 285 Å². The monoisotopic (exact) mass is 666 g/mol. The number of aryl methyl sites for hydroxylation is 2. The van der Waals surface area contributed by atoms with E-state index in [2.05, 4.69) is 0 Å². The van der Waals surface area contributed by atoms with Crippen LogP contribution in [0.25, 0.3) is 10.9 Å². The molecule has 1 amide bonds. The highest BCUT2D eigenvalue weighted by Gasteiger charge is 2.61. The van der Waals surface area contributed by atoms with E-state index < -0.39 is 40.5 Å². The number of methoxy groups -OCH3 is 1. The average molecular weight is 667 g/mol. The Hall–Kier alpha value is -3.69. The predicted octanol–water partition coefficient (Wildman–Crippen LogP) is 6.54. The van der Waals surface area contributed by atoms with Gasteiger partial charge in [0.2, 0.25) is 11.8 Å². The van der Waals surface area contributed by atoms with Crippen molar-refractivity contribution in [2.24, 2.45) is 22.7 Å². The van der Waals surface area contributed by atoms with Crippen LogP contribution in [0.5, 0.6) is 11.6 Å². The molecule has 0 radical (unpaired) electrons. The van der Waals surface area contributed by atoms with Gasteiger partial charge in [-0.3, -0.25) is 19.2 Å². The van der Waals surface area contributed by atoms with Crippen LogP contribution in [-0.2, 0) is 28.7 Å². The zero-order chi connectivity index (χ0) is 35.8. The van der Waals surface area contributed by atoms with E-state index in [9.17, 15) is 19.2 Å². The first-order valence-electron chi connectivity index (χ1n) is 17.2. The van der Waals surface area contributed by atoms with Crippen molar-refractivity contribution in [3.63, 3.8) is 0 Å². The van der Waals surface area contributed by atoms with Crippen LogP contribution in [-0.4, -0.2) is 71.5 Å². The number of benzene rings is 1. The number of hydrogen-bond donors (Lipinski definition) is 0. The molecule has 4 rings (SSSR count). The molecule has 1 aromatic heterocycles. The third kappa shape index (κ3) is 7.95. The molecule has 1 aliphatic carbocycles. The predicted molar refractivity (Wildman–Crippen MR) is 183 cm³/mol. The number of aromatic nitrogens is 1. The van der Waals surface area contributed by atoms with Crippen molar-refractivity contribution in [3.05, 3.63) is 29.3 Å². The Morgan fingerprint density at radius 3 is 2.31 bits per heavy atom. The molecule has 0 spiro atoms. The molecule has 5 atom stereocenters. The highest BCUT2D eigenvalue weighted by atomic mass is 16.6. The van der Waals surface area contributed by atoms with E-state index in [1.165, 1.54) is 7.11 Å². The minimum absolute atomic E-state index is 0.0171. The molecule has 2 aromatic rings. The van der Waals surface area contributed by atoms with Gasteiger partial charge in [0, 0.05) is 24.3 Å². The SMILES string of the molecule is CCOc1cc(O[C@@H]2C[C@@H](C(=O)C[C@]3(C(=O)OC)C[C@H]3CC)N(C(=O)[C@@H](CC(=O)OC(C)(C)C)C(C)(C)C)C2)c2ccc(C)c(C)c2n1. The normalized spacial score (nSPS) is 23.1. The summed E-state index contributed by atoms with van der Waals surface area (Å²) in [7, 11) is 1.35. The summed E-state index contributed by atoms with van der Waals surface area (Å²) in [5, 5.41) is 0.806. The van der Waals surface area contributed by atoms with Gasteiger partial charge in [-0.15, -0.1) is 0 Å². The lowest BCUT2D eigenvalue weighted by Gasteiger charge is -2.35. The molecule has 1 saturated carbocycles. The molecule has 264 valence electrons. The zero-order valence-corrected chi connectivity index (χ0v) is 30.7. The molecule has 0 unspecified atom stereocenters. The minimum Gasteiger partial charge on any atom is -0.488 e. The Morgan fingerprint density at radius 1 is 1.06 bits per heavy atom. The summed E-state index contributed by atoms with van der Waals surface area (Å²) in [5.41, 5.74) is 0.659. The fourth-order valence-corrected chi connectivity index (χ4v) is 7.01. The number of ketones is 1. The maximum atomic E-state index is 14.5. The minimum atomic E-state index is -0.878. The van der Waals surface area contributed by atoms with Crippen molar-refractivity contribution >= 4 is 34.5 Å². The van der Waals surface area contributed by atoms with Crippen LogP contribution in [0.3, 0.4) is 0 Å². The molecule has 10 nitrogen and oxygen atoms in total. The van der Waals surface area contributed by atoms with Crippen molar-refractivity contribution in [3.8, 4) is 11.6 Å². The number of likely N-dealkylation sites (tertiary alicyclic amines) is 1. The first-order chi connectivity index (χ1) is 22.3. The van der Waals surface area contributed by atoms with Crippen LogP contribution in [0, 0.1) is 36.5 Å². The number of esters is 2. The molecule has 2 heterocycles. The summed E-state index contributed by atoms with van der Waals surface area (Å²) in [4.78, 5) is 61.0. The molecule has 1 saturated heterocycles. The van der Waals surface area contributed by atoms with Gasteiger partial charge in [-0.2, -0.15) is 0 Å². The van der Waals surface area contributed by atoms with Crippen molar-refractivity contribution in [1.29, 1.82) is 0 Å². The Kier molecular flexibility index (Phi) is 10.9. The number of carbonyl (C=O) groups excluding carboxylic acids is 4. The van der Waals surface area contributed by atoms with Crippen molar-refractivity contribution in [2.75, 3.05) is 20.3 Å². The van der Waals surface area contributed by atoms with Crippen LogP contribution < -0.4 is 9.47 Å².